The number of hydrogen-bond acceptors (Lipinski definition) is 2. The quantitative estimate of drug-likeness (QED) is 0.851. The van der Waals surface area contributed by atoms with Gasteiger partial charge in [-0.05, 0) is 31.5 Å². The number of benzene rings is 1. The van der Waals surface area contributed by atoms with Gasteiger partial charge in [-0.25, -0.2) is 4.79 Å². The number of nitrogens with one attached hydrogen (secondary N) is 2. The third-order valence-electron chi connectivity index (χ3n) is 3.28. The van der Waals surface area contributed by atoms with Crippen LogP contribution in [-0.2, 0) is 6.54 Å². The fraction of sp³-hybridized carbons (Fsp3) is 0.500. The molecule has 1 fully saturated rings. The fourth-order valence-electron chi connectivity index (χ4n) is 2.18. The van der Waals surface area contributed by atoms with E-state index in [0.29, 0.717) is 12.6 Å². The number of amides is 2. The Kier molecular flexibility index (Phi) is 4.59. The summed E-state index contributed by atoms with van der Waals surface area (Å²) in [4.78, 5) is 13.7. The molecule has 1 aliphatic heterocycles. The van der Waals surface area contributed by atoms with Crippen molar-refractivity contribution in [2.45, 2.75) is 25.4 Å². The van der Waals surface area contributed by atoms with E-state index in [-0.39, 0.29) is 6.03 Å². The van der Waals surface area contributed by atoms with Crippen LogP contribution in [0.15, 0.2) is 30.3 Å². The normalized spacial score (nSPS) is 16.3. The first-order chi connectivity index (χ1) is 8.75. The molecule has 4 nitrogen and oxygen atoms in total. The first kappa shape index (κ1) is 12.9. The lowest BCUT2D eigenvalue weighted by Gasteiger charge is -2.26. The van der Waals surface area contributed by atoms with E-state index in [1.807, 2.05) is 37.4 Å². The van der Waals surface area contributed by atoms with Crippen molar-refractivity contribution in [1.29, 1.82) is 0 Å². The Bertz CT molecular complexity index is 374. The minimum atomic E-state index is 0.0192. The predicted molar refractivity (Wildman–Crippen MR) is 72.3 cm³/mol. The smallest absolute Gasteiger partial charge is 0.317 e. The van der Waals surface area contributed by atoms with Crippen LogP contribution < -0.4 is 10.6 Å². The molecule has 4 heteroatoms. The highest BCUT2D eigenvalue weighted by Crippen LogP contribution is 2.05. The molecule has 0 radical (unpaired) electrons. The fourth-order valence-corrected chi connectivity index (χ4v) is 2.18. The van der Waals surface area contributed by atoms with Crippen LogP contribution in [0, 0.1) is 0 Å². The molecule has 1 aromatic carbocycles. The summed E-state index contributed by atoms with van der Waals surface area (Å²) in [6.07, 6.45) is 2.04. The SMILES string of the molecule is CN(Cc1ccccc1)C(=O)NC1CCNCC1. The molecule has 1 heterocycles. The number of hydrogen-bond donors (Lipinski definition) is 2. The molecule has 2 amide bonds. The minimum Gasteiger partial charge on any atom is -0.335 e. The highest BCUT2D eigenvalue weighted by molar-refractivity contribution is 5.74. The van der Waals surface area contributed by atoms with E-state index in [4.69, 9.17) is 0 Å². The average molecular weight is 247 g/mol. The molecule has 2 N–H and O–H groups in total. The van der Waals surface area contributed by atoms with Gasteiger partial charge < -0.3 is 15.5 Å². The molecule has 1 saturated heterocycles. The summed E-state index contributed by atoms with van der Waals surface area (Å²) in [6, 6.07) is 10.4. The topological polar surface area (TPSA) is 44.4 Å². The Morgan fingerprint density at radius 2 is 2.00 bits per heavy atom. The van der Waals surface area contributed by atoms with Gasteiger partial charge in [0.1, 0.15) is 0 Å². The van der Waals surface area contributed by atoms with Crippen molar-refractivity contribution in [2.75, 3.05) is 20.1 Å². The molecule has 1 aliphatic rings. The predicted octanol–water partition coefficient (Wildman–Crippen LogP) is 1.58. The molecule has 2 rings (SSSR count). The number of urea groups is 1. The maximum absolute atomic E-state index is 12.0. The molecule has 0 unspecified atom stereocenters. The monoisotopic (exact) mass is 247 g/mol. The second-order valence-electron chi connectivity index (χ2n) is 4.82. The number of carbonyl (C=O) groups is 1. The van der Waals surface area contributed by atoms with Crippen LogP contribution in [0.4, 0.5) is 4.79 Å². The molecule has 18 heavy (non-hydrogen) atoms. The van der Waals surface area contributed by atoms with Gasteiger partial charge >= 0.3 is 6.03 Å². The van der Waals surface area contributed by atoms with Gasteiger partial charge in [-0.2, -0.15) is 0 Å². The number of nitrogens with zero attached hydrogens (tertiary/aromatic N) is 1. The zero-order valence-corrected chi connectivity index (χ0v) is 10.9. The van der Waals surface area contributed by atoms with Gasteiger partial charge in [-0.15, -0.1) is 0 Å². The summed E-state index contributed by atoms with van der Waals surface area (Å²) < 4.78 is 0. The molecule has 0 bridgehead atoms. The summed E-state index contributed by atoms with van der Waals surface area (Å²) in [5.74, 6) is 0. The van der Waals surface area contributed by atoms with Crippen LogP contribution in [0.25, 0.3) is 0 Å². The summed E-state index contributed by atoms with van der Waals surface area (Å²) >= 11 is 0. The standard InChI is InChI=1S/C14H21N3O/c1-17(11-12-5-3-2-4-6-12)14(18)16-13-7-9-15-10-8-13/h2-6,13,15H,7-11H2,1H3,(H,16,18). The average Bonchev–Trinajstić information content (AvgIpc) is 2.41. The molecule has 1 aromatic rings. The van der Waals surface area contributed by atoms with Crippen LogP contribution in [-0.4, -0.2) is 37.1 Å². The maximum atomic E-state index is 12.0. The Morgan fingerprint density at radius 1 is 1.33 bits per heavy atom. The molecule has 98 valence electrons. The molecule has 0 saturated carbocycles. The lowest BCUT2D eigenvalue weighted by Crippen LogP contribution is -2.47. The first-order valence-corrected chi connectivity index (χ1v) is 6.52. The Labute approximate surface area is 108 Å². The maximum Gasteiger partial charge on any atom is 0.317 e. The van der Waals surface area contributed by atoms with Gasteiger partial charge in [0, 0.05) is 19.6 Å². The summed E-state index contributed by atoms with van der Waals surface area (Å²) in [7, 11) is 1.84. The van der Waals surface area contributed by atoms with E-state index < -0.39 is 0 Å². The van der Waals surface area contributed by atoms with Crippen LogP contribution >= 0.6 is 0 Å². The number of piperidine rings is 1. The van der Waals surface area contributed by atoms with Crippen molar-refractivity contribution in [2.24, 2.45) is 0 Å². The Morgan fingerprint density at radius 3 is 2.67 bits per heavy atom. The van der Waals surface area contributed by atoms with Crippen molar-refractivity contribution >= 4 is 6.03 Å². The van der Waals surface area contributed by atoms with E-state index in [1.54, 1.807) is 4.90 Å². The molecule has 0 aromatic heterocycles. The Hall–Kier alpha value is -1.55. The lowest BCUT2D eigenvalue weighted by atomic mass is 10.1. The molecule has 0 aliphatic carbocycles. The van der Waals surface area contributed by atoms with Crippen LogP contribution in [0.2, 0.25) is 0 Å². The van der Waals surface area contributed by atoms with Gasteiger partial charge in [-0.3, -0.25) is 0 Å². The highest BCUT2D eigenvalue weighted by Gasteiger charge is 2.17. The zero-order valence-electron chi connectivity index (χ0n) is 10.9. The molecular formula is C14H21N3O. The van der Waals surface area contributed by atoms with E-state index >= 15 is 0 Å². The van der Waals surface area contributed by atoms with Crippen molar-refractivity contribution in [3.8, 4) is 0 Å². The van der Waals surface area contributed by atoms with E-state index in [2.05, 4.69) is 10.6 Å². The third kappa shape index (κ3) is 3.74. The highest BCUT2D eigenvalue weighted by atomic mass is 16.2. The van der Waals surface area contributed by atoms with Crippen LogP contribution in [0.3, 0.4) is 0 Å². The van der Waals surface area contributed by atoms with Crippen LogP contribution in [0.5, 0.6) is 0 Å². The van der Waals surface area contributed by atoms with E-state index in [0.717, 1.165) is 31.5 Å². The van der Waals surface area contributed by atoms with Gasteiger partial charge in [0.05, 0.1) is 0 Å². The molecule has 0 spiro atoms. The molecule has 0 atom stereocenters. The van der Waals surface area contributed by atoms with Gasteiger partial charge in [0.2, 0.25) is 0 Å². The van der Waals surface area contributed by atoms with Gasteiger partial charge in [-0.1, -0.05) is 30.3 Å². The lowest BCUT2D eigenvalue weighted by molar-refractivity contribution is 0.199. The van der Waals surface area contributed by atoms with Crippen molar-refractivity contribution < 1.29 is 4.79 Å². The van der Waals surface area contributed by atoms with E-state index in [9.17, 15) is 4.79 Å². The van der Waals surface area contributed by atoms with Crippen molar-refractivity contribution in [3.63, 3.8) is 0 Å². The van der Waals surface area contributed by atoms with E-state index in [1.165, 1.54) is 0 Å². The van der Waals surface area contributed by atoms with Gasteiger partial charge in [0.25, 0.3) is 0 Å². The molecular weight excluding hydrogens is 226 g/mol. The zero-order chi connectivity index (χ0) is 12.8. The van der Waals surface area contributed by atoms with Crippen LogP contribution in [0.1, 0.15) is 18.4 Å². The second-order valence-corrected chi connectivity index (χ2v) is 4.82. The Balaban J connectivity index is 1.81. The first-order valence-electron chi connectivity index (χ1n) is 6.52. The second kappa shape index (κ2) is 6.40. The summed E-state index contributed by atoms with van der Waals surface area (Å²) in [6.45, 7) is 2.64. The van der Waals surface area contributed by atoms with Crippen molar-refractivity contribution in [1.82, 2.24) is 15.5 Å². The summed E-state index contributed by atoms with van der Waals surface area (Å²) in [5, 5.41) is 6.38. The van der Waals surface area contributed by atoms with Crippen molar-refractivity contribution in [3.05, 3.63) is 35.9 Å². The third-order valence-corrected chi connectivity index (χ3v) is 3.28. The largest absolute Gasteiger partial charge is 0.335 e. The van der Waals surface area contributed by atoms with Gasteiger partial charge in [0.15, 0.2) is 0 Å². The number of carbonyl (C=O) groups excluding carboxylic acids is 1. The minimum absolute atomic E-state index is 0.0192. The number of rotatable bonds is 3. The summed E-state index contributed by atoms with van der Waals surface area (Å²) in [5.41, 5.74) is 1.15.